The molecule has 0 spiro atoms. The summed E-state index contributed by atoms with van der Waals surface area (Å²) in [6, 6.07) is 5.81. The molecule has 38 heavy (non-hydrogen) atoms. The monoisotopic (exact) mass is 595 g/mol. The molecule has 0 bridgehead atoms. The van der Waals surface area contributed by atoms with Gasteiger partial charge in [-0.1, -0.05) is 30.3 Å². The first-order chi connectivity index (χ1) is 16.6. The standard InChI is InChI=1S/C19H14F17NO/c1-9(7-8-10-5-3-2-4-6-10)37-11(38)12(20,21)13(22,23)14(24,25)15(26,27)16(28,29)17(30,31)18(32,33)19(34,35)36/h2-6,9H,7-8H2,1H3,(H,37,38). The zero-order chi connectivity index (χ0) is 30.4. The third kappa shape index (κ3) is 5.08. The van der Waals surface area contributed by atoms with Crippen LogP contribution in [0.4, 0.5) is 74.6 Å². The van der Waals surface area contributed by atoms with Gasteiger partial charge in [-0.3, -0.25) is 4.79 Å². The molecule has 0 saturated heterocycles. The van der Waals surface area contributed by atoms with E-state index in [9.17, 15) is 79.4 Å². The van der Waals surface area contributed by atoms with E-state index in [1.54, 1.807) is 0 Å². The van der Waals surface area contributed by atoms with Crippen LogP contribution >= 0.6 is 0 Å². The van der Waals surface area contributed by atoms with E-state index in [1.807, 2.05) is 0 Å². The van der Waals surface area contributed by atoms with Crippen LogP contribution in [-0.2, 0) is 11.2 Å². The van der Waals surface area contributed by atoms with Crippen molar-refractivity contribution in [1.82, 2.24) is 5.32 Å². The summed E-state index contributed by atoms with van der Waals surface area (Å²) in [6.45, 7) is 0.815. The molecule has 0 heterocycles. The van der Waals surface area contributed by atoms with Crippen LogP contribution in [0.15, 0.2) is 30.3 Å². The largest absolute Gasteiger partial charge is 0.460 e. The summed E-state index contributed by atoms with van der Waals surface area (Å²) in [5.41, 5.74) is 0.468. The zero-order valence-electron chi connectivity index (χ0n) is 18.2. The number of carbonyl (C=O) groups excluding carboxylic acids is 1. The fourth-order valence-electron chi connectivity index (χ4n) is 2.72. The third-order valence-electron chi connectivity index (χ3n) is 5.09. The number of hydrogen-bond donors (Lipinski definition) is 1. The number of aryl methyl sites for hydroxylation is 1. The quantitative estimate of drug-likeness (QED) is 0.271. The SMILES string of the molecule is CC(CCc1ccccc1)NC(=O)C(F)(F)C(F)(F)C(F)(F)C(F)(F)C(F)(F)C(F)(F)C(F)(F)C(F)(F)F. The molecule has 0 aromatic heterocycles. The number of benzene rings is 1. The summed E-state index contributed by atoms with van der Waals surface area (Å²) >= 11 is 0. The maximum absolute atomic E-state index is 13.9. The number of halogens is 17. The van der Waals surface area contributed by atoms with Crippen molar-refractivity contribution in [2.24, 2.45) is 0 Å². The van der Waals surface area contributed by atoms with Gasteiger partial charge in [0.1, 0.15) is 0 Å². The fourth-order valence-corrected chi connectivity index (χ4v) is 2.72. The van der Waals surface area contributed by atoms with Crippen LogP contribution in [0.25, 0.3) is 0 Å². The predicted octanol–water partition coefficient (Wildman–Crippen LogP) is 7.13. The highest BCUT2D eigenvalue weighted by Gasteiger charge is 2.95. The van der Waals surface area contributed by atoms with E-state index in [0.29, 0.717) is 5.56 Å². The lowest BCUT2D eigenvalue weighted by Crippen LogP contribution is -2.75. The van der Waals surface area contributed by atoms with Gasteiger partial charge in [0.2, 0.25) is 0 Å². The molecule has 1 unspecified atom stereocenters. The number of carbonyl (C=O) groups is 1. The lowest BCUT2D eigenvalue weighted by atomic mass is 9.88. The summed E-state index contributed by atoms with van der Waals surface area (Å²) in [4.78, 5) is 11.5. The molecule has 0 aliphatic heterocycles. The number of nitrogens with one attached hydrogen (secondary N) is 1. The van der Waals surface area contributed by atoms with Crippen molar-refractivity contribution in [3.63, 3.8) is 0 Å². The smallest absolute Gasteiger partial charge is 0.348 e. The molecule has 1 rings (SSSR count). The van der Waals surface area contributed by atoms with Gasteiger partial charge in [0.25, 0.3) is 5.91 Å². The molecule has 1 amide bonds. The molecule has 0 radical (unpaired) electrons. The number of alkyl halides is 17. The van der Waals surface area contributed by atoms with Gasteiger partial charge in [-0.15, -0.1) is 0 Å². The van der Waals surface area contributed by atoms with Gasteiger partial charge in [-0.25, -0.2) is 0 Å². The molecule has 1 atom stereocenters. The second kappa shape index (κ2) is 9.91. The molecule has 0 aliphatic carbocycles. The maximum atomic E-state index is 13.9. The molecule has 2 nitrogen and oxygen atoms in total. The minimum atomic E-state index is -8.73. The van der Waals surface area contributed by atoms with Gasteiger partial charge in [0, 0.05) is 6.04 Å². The van der Waals surface area contributed by atoms with Gasteiger partial charge in [0.15, 0.2) is 0 Å². The number of hydrogen-bond acceptors (Lipinski definition) is 1. The predicted molar refractivity (Wildman–Crippen MR) is 93.1 cm³/mol. The normalized spacial score (nSPS) is 15.8. The van der Waals surface area contributed by atoms with Gasteiger partial charge in [-0.2, -0.15) is 74.6 Å². The van der Waals surface area contributed by atoms with E-state index in [-0.39, 0.29) is 12.8 Å². The third-order valence-corrected chi connectivity index (χ3v) is 5.09. The molecule has 1 aromatic rings. The molecular weight excluding hydrogens is 581 g/mol. The summed E-state index contributed by atoms with van der Waals surface area (Å²) < 4.78 is 225. The van der Waals surface area contributed by atoms with Crippen LogP contribution in [0, 0.1) is 0 Å². The average Bonchev–Trinajstić information content (AvgIpc) is 2.76. The minimum absolute atomic E-state index is 0.0762. The molecular formula is C19H14F17NO. The van der Waals surface area contributed by atoms with Crippen LogP contribution in [-0.4, -0.2) is 59.6 Å². The fraction of sp³-hybridized carbons (Fsp3) is 0.632. The Morgan fingerprint density at radius 2 is 1.00 bits per heavy atom. The van der Waals surface area contributed by atoms with Crippen LogP contribution in [0.2, 0.25) is 0 Å². The van der Waals surface area contributed by atoms with Crippen LogP contribution in [0.3, 0.4) is 0 Å². The van der Waals surface area contributed by atoms with E-state index in [2.05, 4.69) is 0 Å². The van der Waals surface area contributed by atoms with Gasteiger partial charge >= 0.3 is 47.6 Å². The molecule has 0 saturated carbocycles. The van der Waals surface area contributed by atoms with Gasteiger partial charge in [0.05, 0.1) is 0 Å². The summed E-state index contributed by atoms with van der Waals surface area (Å²) in [6.07, 6.45) is -8.29. The molecule has 1 N–H and O–H groups in total. The topological polar surface area (TPSA) is 29.1 Å². The van der Waals surface area contributed by atoms with E-state index in [0.717, 1.165) is 12.2 Å². The maximum Gasteiger partial charge on any atom is 0.460 e. The Morgan fingerprint density at radius 3 is 1.39 bits per heavy atom. The Morgan fingerprint density at radius 1 is 0.632 bits per heavy atom. The summed E-state index contributed by atoms with van der Waals surface area (Å²) in [7, 11) is 0. The molecule has 0 aliphatic rings. The highest BCUT2D eigenvalue weighted by atomic mass is 19.4. The van der Waals surface area contributed by atoms with Crippen molar-refractivity contribution < 1.29 is 79.4 Å². The van der Waals surface area contributed by atoms with Crippen molar-refractivity contribution in [2.75, 3.05) is 0 Å². The van der Waals surface area contributed by atoms with E-state index >= 15 is 0 Å². The summed E-state index contributed by atoms with van der Waals surface area (Å²) in [5.74, 6) is -61.4. The average molecular weight is 595 g/mol. The second-order valence-corrected chi connectivity index (χ2v) is 7.92. The van der Waals surface area contributed by atoms with Crippen molar-refractivity contribution in [3.8, 4) is 0 Å². The Labute approximate surface area is 201 Å². The first-order valence-electron chi connectivity index (χ1n) is 9.71. The van der Waals surface area contributed by atoms with E-state index < -0.39 is 59.6 Å². The van der Waals surface area contributed by atoms with Crippen molar-refractivity contribution in [1.29, 1.82) is 0 Å². The molecule has 1 aromatic carbocycles. The molecule has 0 fully saturated rings. The van der Waals surface area contributed by atoms with E-state index in [4.69, 9.17) is 0 Å². The Balaban J connectivity index is 3.34. The molecule has 19 heteroatoms. The zero-order valence-corrected chi connectivity index (χ0v) is 18.2. The Hall–Kier alpha value is -2.50. The highest BCUT2D eigenvalue weighted by molar-refractivity contribution is 5.85. The van der Waals surface area contributed by atoms with Crippen LogP contribution in [0.1, 0.15) is 18.9 Å². The molecule has 220 valence electrons. The van der Waals surface area contributed by atoms with Gasteiger partial charge < -0.3 is 5.32 Å². The lowest BCUT2D eigenvalue weighted by molar-refractivity contribution is -0.459. The van der Waals surface area contributed by atoms with Crippen LogP contribution in [0.5, 0.6) is 0 Å². The van der Waals surface area contributed by atoms with Crippen molar-refractivity contribution >= 4 is 5.91 Å². The lowest BCUT2D eigenvalue weighted by Gasteiger charge is -2.42. The van der Waals surface area contributed by atoms with E-state index in [1.165, 1.54) is 30.3 Å². The Bertz CT molecular complexity index is 971. The minimum Gasteiger partial charge on any atom is -0.348 e. The highest BCUT2D eigenvalue weighted by Crippen LogP contribution is 2.63. The first-order valence-corrected chi connectivity index (χ1v) is 9.71. The first kappa shape index (κ1) is 33.5. The number of rotatable bonds is 11. The van der Waals surface area contributed by atoms with Crippen molar-refractivity contribution in [3.05, 3.63) is 35.9 Å². The Kier molecular flexibility index (Phi) is 8.75. The van der Waals surface area contributed by atoms with Crippen LogP contribution < -0.4 is 5.32 Å². The second-order valence-electron chi connectivity index (χ2n) is 7.92. The van der Waals surface area contributed by atoms with Gasteiger partial charge in [-0.05, 0) is 25.3 Å². The van der Waals surface area contributed by atoms with Crippen molar-refractivity contribution in [2.45, 2.75) is 73.4 Å². The summed E-state index contributed by atoms with van der Waals surface area (Å²) in [5, 5.41) is 0.982. The number of amides is 1.